The topological polar surface area (TPSA) is 66.4 Å². The molecule has 5 heteroatoms. The number of carbonyl (C=O) groups is 1. The average Bonchev–Trinajstić information content (AvgIpc) is 2.01. The van der Waals surface area contributed by atoms with Crippen LogP contribution in [-0.2, 0) is 15.6 Å². The normalized spacial score (nSPS) is 13.6. The van der Waals surface area contributed by atoms with Crippen molar-refractivity contribution in [3.63, 3.8) is 0 Å². The molecule has 2 N–H and O–H groups in total. The third-order valence-electron chi connectivity index (χ3n) is 1.81. The highest BCUT2D eigenvalue weighted by atomic mass is 32.2. The highest BCUT2D eigenvalue weighted by Gasteiger charge is 2.11. The van der Waals surface area contributed by atoms with Crippen molar-refractivity contribution in [3.8, 4) is 0 Å². The molecule has 0 saturated carbocycles. The number of rotatable bonds is 6. The molecule has 0 aromatic carbocycles. The molecule has 0 rings (SSSR count). The van der Waals surface area contributed by atoms with Gasteiger partial charge in [-0.2, -0.15) is 0 Å². The Hall–Kier alpha value is -0.420. The van der Waals surface area contributed by atoms with Crippen LogP contribution in [0.4, 0.5) is 0 Å². The Labute approximate surface area is 93.9 Å². The first-order valence-corrected chi connectivity index (χ1v) is 6.56. The molecule has 0 aromatic rings. The molecule has 1 atom stereocenters. The van der Waals surface area contributed by atoms with Crippen LogP contribution >= 0.6 is 0 Å². The van der Waals surface area contributed by atoms with Gasteiger partial charge in [0.05, 0.1) is 6.61 Å². The van der Waals surface area contributed by atoms with Gasteiger partial charge in [-0.15, -0.1) is 0 Å². The summed E-state index contributed by atoms with van der Waals surface area (Å²) in [5, 5.41) is 11.2. The number of amides is 1. The Bertz CT molecular complexity index is 223. The van der Waals surface area contributed by atoms with Crippen molar-refractivity contribution >= 4 is 16.7 Å². The van der Waals surface area contributed by atoms with Gasteiger partial charge in [0.15, 0.2) is 0 Å². The number of hydrogen-bond donors (Lipinski definition) is 2. The molecule has 0 saturated heterocycles. The van der Waals surface area contributed by atoms with Crippen molar-refractivity contribution in [2.45, 2.75) is 27.2 Å². The van der Waals surface area contributed by atoms with E-state index in [2.05, 4.69) is 26.1 Å². The van der Waals surface area contributed by atoms with E-state index in [4.69, 9.17) is 5.11 Å². The Morgan fingerprint density at radius 2 is 2.00 bits per heavy atom. The lowest BCUT2D eigenvalue weighted by Crippen LogP contribution is -2.31. The van der Waals surface area contributed by atoms with Gasteiger partial charge >= 0.3 is 0 Å². The molecule has 0 spiro atoms. The van der Waals surface area contributed by atoms with Gasteiger partial charge in [-0.25, -0.2) is 0 Å². The lowest BCUT2D eigenvalue weighted by atomic mass is 9.92. The van der Waals surface area contributed by atoms with E-state index in [1.165, 1.54) is 0 Å². The standard InChI is InChI=1S/C10H21NO3S/c1-10(2,3)4-5-11-9(13)8-15(14)7-6-12/h12H,4-8H2,1-3H3,(H,11,13). The molecular weight excluding hydrogens is 214 g/mol. The van der Waals surface area contributed by atoms with Crippen molar-refractivity contribution in [2.75, 3.05) is 24.7 Å². The van der Waals surface area contributed by atoms with Crippen LogP contribution in [0.1, 0.15) is 27.2 Å². The summed E-state index contributed by atoms with van der Waals surface area (Å²) in [4.78, 5) is 11.2. The molecule has 1 amide bonds. The second-order valence-electron chi connectivity index (χ2n) is 4.67. The lowest BCUT2D eigenvalue weighted by molar-refractivity contribution is -0.118. The van der Waals surface area contributed by atoms with Crippen LogP contribution in [0.2, 0.25) is 0 Å². The van der Waals surface area contributed by atoms with Gasteiger partial charge in [0, 0.05) is 23.1 Å². The predicted octanol–water partition coefficient (Wildman–Crippen LogP) is 0.280. The van der Waals surface area contributed by atoms with E-state index in [1.54, 1.807) is 0 Å². The number of hydrogen-bond acceptors (Lipinski definition) is 3. The molecular formula is C10H21NO3S. The molecule has 1 unspecified atom stereocenters. The number of aliphatic hydroxyl groups is 1. The minimum absolute atomic E-state index is 0.00922. The van der Waals surface area contributed by atoms with Gasteiger partial charge in [0.1, 0.15) is 5.75 Å². The Morgan fingerprint density at radius 3 is 2.47 bits per heavy atom. The molecule has 90 valence electrons. The summed E-state index contributed by atoms with van der Waals surface area (Å²) in [6.07, 6.45) is 0.894. The van der Waals surface area contributed by atoms with Crippen molar-refractivity contribution < 1.29 is 14.1 Å². The van der Waals surface area contributed by atoms with Gasteiger partial charge in [-0.3, -0.25) is 9.00 Å². The summed E-state index contributed by atoms with van der Waals surface area (Å²) in [6, 6.07) is 0. The predicted molar refractivity (Wildman–Crippen MR) is 62.0 cm³/mol. The van der Waals surface area contributed by atoms with Crippen LogP contribution in [0.25, 0.3) is 0 Å². The van der Waals surface area contributed by atoms with E-state index in [1.807, 2.05) is 0 Å². The van der Waals surface area contributed by atoms with Gasteiger partial charge in [0.25, 0.3) is 0 Å². The van der Waals surface area contributed by atoms with E-state index < -0.39 is 10.8 Å². The number of aliphatic hydroxyl groups excluding tert-OH is 1. The average molecular weight is 235 g/mol. The van der Waals surface area contributed by atoms with E-state index in [-0.39, 0.29) is 29.4 Å². The molecule has 4 nitrogen and oxygen atoms in total. The zero-order valence-electron chi connectivity index (χ0n) is 9.71. The maximum Gasteiger partial charge on any atom is 0.232 e. The summed E-state index contributed by atoms with van der Waals surface area (Å²) in [5.74, 6) is -0.0387. The van der Waals surface area contributed by atoms with Crippen molar-refractivity contribution in [2.24, 2.45) is 5.41 Å². The maximum absolute atomic E-state index is 11.2. The molecule has 0 heterocycles. The van der Waals surface area contributed by atoms with Gasteiger partial charge < -0.3 is 10.4 Å². The fourth-order valence-corrected chi connectivity index (χ4v) is 1.69. The van der Waals surface area contributed by atoms with E-state index >= 15 is 0 Å². The van der Waals surface area contributed by atoms with Crippen LogP contribution in [0.15, 0.2) is 0 Å². The summed E-state index contributed by atoms with van der Waals surface area (Å²) in [5.41, 5.74) is 0.192. The Morgan fingerprint density at radius 1 is 1.40 bits per heavy atom. The Kier molecular flexibility index (Phi) is 6.76. The maximum atomic E-state index is 11.2. The van der Waals surface area contributed by atoms with Gasteiger partial charge in [0.2, 0.25) is 5.91 Å². The molecule has 0 aliphatic rings. The molecule has 0 fully saturated rings. The highest BCUT2D eigenvalue weighted by molar-refractivity contribution is 7.85. The van der Waals surface area contributed by atoms with Crippen molar-refractivity contribution in [1.29, 1.82) is 0 Å². The van der Waals surface area contributed by atoms with Crippen LogP contribution in [0, 0.1) is 5.41 Å². The van der Waals surface area contributed by atoms with Crippen LogP contribution in [0.3, 0.4) is 0 Å². The fourth-order valence-electron chi connectivity index (χ4n) is 0.948. The smallest absolute Gasteiger partial charge is 0.232 e. The van der Waals surface area contributed by atoms with Crippen molar-refractivity contribution in [1.82, 2.24) is 5.32 Å². The first kappa shape index (κ1) is 14.6. The molecule has 0 bridgehead atoms. The second kappa shape index (κ2) is 6.95. The Balaban J connectivity index is 3.62. The van der Waals surface area contributed by atoms with Gasteiger partial charge in [-0.05, 0) is 11.8 Å². The monoisotopic (exact) mass is 235 g/mol. The lowest BCUT2D eigenvalue weighted by Gasteiger charge is -2.17. The van der Waals surface area contributed by atoms with Gasteiger partial charge in [-0.1, -0.05) is 20.8 Å². The molecule has 0 aliphatic carbocycles. The minimum Gasteiger partial charge on any atom is -0.395 e. The largest absolute Gasteiger partial charge is 0.395 e. The zero-order chi connectivity index (χ0) is 11.9. The fraction of sp³-hybridized carbons (Fsp3) is 0.900. The summed E-state index contributed by atoms with van der Waals surface area (Å²) >= 11 is 0. The highest BCUT2D eigenvalue weighted by Crippen LogP contribution is 2.16. The molecule has 0 aromatic heterocycles. The zero-order valence-corrected chi connectivity index (χ0v) is 10.5. The number of nitrogens with one attached hydrogen (secondary N) is 1. The van der Waals surface area contributed by atoms with Crippen LogP contribution in [0.5, 0.6) is 0 Å². The molecule has 0 radical (unpaired) electrons. The van der Waals surface area contributed by atoms with E-state index in [0.717, 1.165) is 6.42 Å². The van der Waals surface area contributed by atoms with E-state index in [0.29, 0.717) is 6.54 Å². The first-order chi connectivity index (χ1) is 6.85. The molecule has 0 aliphatic heterocycles. The summed E-state index contributed by atoms with van der Waals surface area (Å²) in [7, 11) is -1.24. The minimum atomic E-state index is -1.24. The quantitative estimate of drug-likeness (QED) is 0.695. The van der Waals surface area contributed by atoms with Crippen LogP contribution < -0.4 is 5.32 Å². The summed E-state index contributed by atoms with van der Waals surface area (Å²) < 4.78 is 11.1. The van der Waals surface area contributed by atoms with Crippen LogP contribution in [-0.4, -0.2) is 39.9 Å². The SMILES string of the molecule is CC(C)(C)CCNC(=O)CS(=O)CCO. The second-order valence-corrected chi connectivity index (χ2v) is 6.25. The van der Waals surface area contributed by atoms with Crippen molar-refractivity contribution in [3.05, 3.63) is 0 Å². The summed E-state index contributed by atoms with van der Waals surface area (Å²) in [6.45, 7) is 6.77. The molecule has 15 heavy (non-hydrogen) atoms. The number of carbonyl (C=O) groups excluding carboxylic acids is 1. The third kappa shape index (κ3) is 9.87. The first-order valence-electron chi connectivity index (χ1n) is 5.08. The third-order valence-corrected chi connectivity index (χ3v) is 3.03. The van der Waals surface area contributed by atoms with E-state index in [9.17, 15) is 9.00 Å².